The Morgan fingerprint density at radius 3 is 1.29 bits per heavy atom. The molecule has 0 spiro atoms. The highest BCUT2D eigenvalue weighted by atomic mass is 16.5. The van der Waals surface area contributed by atoms with Crippen LogP contribution in [0.1, 0.15) is 0 Å². The van der Waals surface area contributed by atoms with Gasteiger partial charge in [0.2, 0.25) is 0 Å². The first-order valence-corrected chi connectivity index (χ1v) is 7.63. The second-order valence-electron chi connectivity index (χ2n) is 4.99. The van der Waals surface area contributed by atoms with E-state index in [9.17, 15) is 0 Å². The number of hydrogen-bond donors (Lipinski definition) is 2. The molecule has 0 unspecified atom stereocenters. The molecule has 0 saturated carbocycles. The van der Waals surface area contributed by atoms with Crippen LogP contribution in [0.5, 0.6) is 23.0 Å². The van der Waals surface area contributed by atoms with Gasteiger partial charge in [-0.25, -0.2) is 0 Å². The summed E-state index contributed by atoms with van der Waals surface area (Å²) in [5, 5.41) is 6.68. The third-order valence-electron chi connectivity index (χ3n) is 3.55. The summed E-state index contributed by atoms with van der Waals surface area (Å²) in [6.07, 6.45) is 0. The maximum atomic E-state index is 5.29. The van der Waals surface area contributed by atoms with Crippen LogP contribution >= 0.6 is 0 Å². The predicted octanol–water partition coefficient (Wildman–Crippen LogP) is 3.25. The molecule has 0 aliphatic heterocycles. The van der Waals surface area contributed by atoms with Gasteiger partial charge in [-0.05, 0) is 24.3 Å². The summed E-state index contributed by atoms with van der Waals surface area (Å²) in [6, 6.07) is 11.5. The molecule has 2 aromatic carbocycles. The zero-order valence-electron chi connectivity index (χ0n) is 14.5. The molecular weight excluding hydrogens is 308 g/mol. The van der Waals surface area contributed by atoms with Gasteiger partial charge in [0.1, 0.15) is 0 Å². The molecule has 6 nitrogen and oxygen atoms in total. The number of ether oxygens (including phenoxy) is 4. The number of methoxy groups -OCH3 is 4. The second-order valence-corrected chi connectivity index (χ2v) is 4.99. The number of hydrogen-bond acceptors (Lipinski definition) is 6. The summed E-state index contributed by atoms with van der Waals surface area (Å²) in [4.78, 5) is 0. The van der Waals surface area contributed by atoms with E-state index in [2.05, 4.69) is 10.6 Å². The van der Waals surface area contributed by atoms with Crippen molar-refractivity contribution in [2.75, 3.05) is 52.2 Å². The van der Waals surface area contributed by atoms with E-state index in [0.29, 0.717) is 23.0 Å². The van der Waals surface area contributed by atoms with E-state index in [4.69, 9.17) is 18.9 Å². The second kappa shape index (κ2) is 8.76. The summed E-state index contributed by atoms with van der Waals surface area (Å²) in [6.45, 7) is 1.51. The molecule has 2 N–H and O–H groups in total. The minimum absolute atomic E-state index is 0.704. The smallest absolute Gasteiger partial charge is 0.162 e. The highest BCUT2D eigenvalue weighted by Crippen LogP contribution is 2.30. The molecule has 0 aliphatic rings. The topological polar surface area (TPSA) is 61.0 Å². The van der Waals surface area contributed by atoms with Crippen LogP contribution in [-0.2, 0) is 0 Å². The average molecular weight is 332 g/mol. The Balaban J connectivity index is 1.87. The largest absolute Gasteiger partial charge is 0.493 e. The summed E-state index contributed by atoms with van der Waals surface area (Å²) in [5.41, 5.74) is 1.95. The summed E-state index contributed by atoms with van der Waals surface area (Å²) in [5.74, 6) is 2.84. The third-order valence-corrected chi connectivity index (χ3v) is 3.55. The molecule has 2 rings (SSSR count). The zero-order valence-corrected chi connectivity index (χ0v) is 14.5. The lowest BCUT2D eigenvalue weighted by Crippen LogP contribution is -2.13. The van der Waals surface area contributed by atoms with Crippen molar-refractivity contribution >= 4 is 11.4 Å². The van der Waals surface area contributed by atoms with Crippen LogP contribution in [0.3, 0.4) is 0 Å². The summed E-state index contributed by atoms with van der Waals surface area (Å²) in [7, 11) is 6.50. The molecule has 0 amide bonds. The highest BCUT2D eigenvalue weighted by molar-refractivity contribution is 5.56. The molecule has 2 aromatic rings. The minimum atomic E-state index is 0.704. The van der Waals surface area contributed by atoms with Crippen molar-refractivity contribution in [3.63, 3.8) is 0 Å². The van der Waals surface area contributed by atoms with Gasteiger partial charge >= 0.3 is 0 Å². The van der Waals surface area contributed by atoms with Crippen LogP contribution in [0.4, 0.5) is 11.4 Å². The van der Waals surface area contributed by atoms with Crippen molar-refractivity contribution in [1.82, 2.24) is 0 Å². The molecule has 24 heavy (non-hydrogen) atoms. The number of anilines is 2. The fourth-order valence-corrected chi connectivity index (χ4v) is 2.31. The fraction of sp³-hybridized carbons (Fsp3) is 0.333. The first-order chi connectivity index (χ1) is 11.7. The van der Waals surface area contributed by atoms with Gasteiger partial charge in [-0.15, -0.1) is 0 Å². The lowest BCUT2D eigenvalue weighted by molar-refractivity contribution is 0.355. The summed E-state index contributed by atoms with van der Waals surface area (Å²) >= 11 is 0. The highest BCUT2D eigenvalue weighted by Gasteiger charge is 2.05. The SMILES string of the molecule is COc1ccc(NCCNc2ccc(OC)c(OC)c2)cc1OC. The molecule has 0 radical (unpaired) electrons. The molecule has 130 valence electrons. The van der Waals surface area contributed by atoms with E-state index < -0.39 is 0 Å². The number of rotatable bonds is 9. The van der Waals surface area contributed by atoms with E-state index in [1.807, 2.05) is 36.4 Å². The Kier molecular flexibility index (Phi) is 6.42. The van der Waals surface area contributed by atoms with Crippen molar-refractivity contribution in [2.24, 2.45) is 0 Å². The van der Waals surface area contributed by atoms with Gasteiger partial charge in [0.15, 0.2) is 23.0 Å². The van der Waals surface area contributed by atoms with Crippen LogP contribution < -0.4 is 29.6 Å². The Hall–Kier alpha value is -2.76. The molecular formula is C18H24N2O4. The third kappa shape index (κ3) is 4.38. The van der Waals surface area contributed by atoms with Crippen molar-refractivity contribution < 1.29 is 18.9 Å². The van der Waals surface area contributed by atoms with Crippen molar-refractivity contribution in [3.8, 4) is 23.0 Å². The molecule has 0 bridgehead atoms. The molecule has 6 heteroatoms. The first-order valence-electron chi connectivity index (χ1n) is 7.63. The van der Waals surface area contributed by atoms with E-state index in [1.165, 1.54) is 0 Å². The Morgan fingerprint density at radius 2 is 0.958 bits per heavy atom. The molecule has 0 saturated heterocycles. The Morgan fingerprint density at radius 1 is 0.583 bits per heavy atom. The van der Waals surface area contributed by atoms with E-state index >= 15 is 0 Å². The van der Waals surface area contributed by atoms with Crippen LogP contribution in [0, 0.1) is 0 Å². The van der Waals surface area contributed by atoms with Crippen LogP contribution in [-0.4, -0.2) is 41.5 Å². The minimum Gasteiger partial charge on any atom is -0.493 e. The van der Waals surface area contributed by atoms with Gasteiger partial charge in [-0.1, -0.05) is 0 Å². The molecule has 0 heterocycles. The summed E-state index contributed by atoms with van der Waals surface area (Å²) < 4.78 is 21.0. The van der Waals surface area contributed by atoms with Gasteiger partial charge < -0.3 is 29.6 Å². The normalized spacial score (nSPS) is 10.0. The van der Waals surface area contributed by atoms with Crippen molar-refractivity contribution in [3.05, 3.63) is 36.4 Å². The van der Waals surface area contributed by atoms with Gasteiger partial charge in [0.25, 0.3) is 0 Å². The maximum absolute atomic E-state index is 5.29. The monoisotopic (exact) mass is 332 g/mol. The van der Waals surface area contributed by atoms with Gasteiger partial charge in [0.05, 0.1) is 28.4 Å². The molecule has 0 fully saturated rings. The lowest BCUT2D eigenvalue weighted by Gasteiger charge is -2.13. The first kappa shape index (κ1) is 17.6. The lowest BCUT2D eigenvalue weighted by atomic mass is 10.2. The van der Waals surface area contributed by atoms with E-state index in [1.54, 1.807) is 28.4 Å². The maximum Gasteiger partial charge on any atom is 0.162 e. The van der Waals surface area contributed by atoms with E-state index in [0.717, 1.165) is 24.5 Å². The van der Waals surface area contributed by atoms with Crippen LogP contribution in [0.2, 0.25) is 0 Å². The molecule has 0 aromatic heterocycles. The molecule has 0 aliphatic carbocycles. The quantitative estimate of drug-likeness (QED) is 0.688. The van der Waals surface area contributed by atoms with Gasteiger partial charge in [-0.3, -0.25) is 0 Å². The standard InChI is InChI=1S/C18H24N2O4/c1-21-15-7-5-13(11-17(15)23-3)19-9-10-20-14-6-8-16(22-2)18(12-14)24-4/h5-8,11-12,19-20H,9-10H2,1-4H3. The van der Waals surface area contributed by atoms with Crippen molar-refractivity contribution in [1.29, 1.82) is 0 Å². The van der Waals surface area contributed by atoms with E-state index in [-0.39, 0.29) is 0 Å². The Labute approximate surface area is 142 Å². The molecule has 0 atom stereocenters. The van der Waals surface area contributed by atoms with Crippen LogP contribution in [0.15, 0.2) is 36.4 Å². The van der Waals surface area contributed by atoms with Crippen molar-refractivity contribution in [2.45, 2.75) is 0 Å². The number of benzene rings is 2. The average Bonchev–Trinajstić information content (AvgIpc) is 2.64. The predicted molar refractivity (Wildman–Crippen MR) is 96.1 cm³/mol. The van der Waals surface area contributed by atoms with Crippen LogP contribution in [0.25, 0.3) is 0 Å². The fourth-order valence-electron chi connectivity index (χ4n) is 2.31. The van der Waals surface area contributed by atoms with Gasteiger partial charge in [0, 0.05) is 36.6 Å². The Bertz CT molecular complexity index is 604. The zero-order chi connectivity index (χ0) is 17.4. The number of nitrogens with one attached hydrogen (secondary N) is 2. The van der Waals surface area contributed by atoms with Gasteiger partial charge in [-0.2, -0.15) is 0 Å².